The molecular formula is C24H19ClF3N3O4. The molecule has 1 aliphatic carbocycles. The molecule has 0 spiro atoms. The number of aliphatic carboxylic acids is 1. The highest BCUT2D eigenvalue weighted by Gasteiger charge is 2.48. The van der Waals surface area contributed by atoms with Gasteiger partial charge in [-0.15, -0.1) is 13.2 Å². The number of nitrogens with zero attached hydrogens (tertiary/aromatic N) is 1. The predicted molar refractivity (Wildman–Crippen MR) is 121 cm³/mol. The van der Waals surface area contributed by atoms with Gasteiger partial charge in [0.1, 0.15) is 0 Å². The Bertz CT molecular complexity index is 1210. The molecule has 0 fully saturated rings. The highest BCUT2D eigenvalue weighted by atomic mass is 35.5. The van der Waals surface area contributed by atoms with Gasteiger partial charge in [-0.1, -0.05) is 66.2 Å². The van der Waals surface area contributed by atoms with Crippen LogP contribution in [0.5, 0.6) is 0 Å². The second kappa shape index (κ2) is 10.6. The molecule has 2 aromatic carbocycles. The van der Waals surface area contributed by atoms with Gasteiger partial charge in [0.15, 0.2) is 5.06 Å². The molecule has 1 unspecified atom stereocenters. The van der Waals surface area contributed by atoms with E-state index in [1.807, 2.05) is 6.07 Å². The van der Waals surface area contributed by atoms with Gasteiger partial charge in [-0.25, -0.2) is 4.79 Å². The summed E-state index contributed by atoms with van der Waals surface area (Å²) in [5, 5.41) is 20.9. The fourth-order valence-electron chi connectivity index (χ4n) is 3.57. The van der Waals surface area contributed by atoms with Gasteiger partial charge < -0.3 is 15.7 Å². The van der Waals surface area contributed by atoms with Gasteiger partial charge in [0.05, 0.1) is 18.1 Å². The van der Waals surface area contributed by atoms with E-state index < -0.39 is 29.8 Å². The number of rotatable bonds is 7. The molecule has 2 aromatic rings. The molecule has 182 valence electrons. The van der Waals surface area contributed by atoms with E-state index in [1.54, 1.807) is 42.5 Å². The van der Waals surface area contributed by atoms with Gasteiger partial charge in [0.25, 0.3) is 0 Å². The fraction of sp³-hybridized carbons (Fsp3) is 0.208. The minimum Gasteiger partial charge on any atom is -0.481 e. The second-order valence-electron chi connectivity index (χ2n) is 7.58. The Morgan fingerprint density at radius 3 is 2.31 bits per heavy atom. The summed E-state index contributed by atoms with van der Waals surface area (Å²) in [5.74, 6) is -0.970. The molecule has 1 aliphatic rings. The van der Waals surface area contributed by atoms with E-state index in [9.17, 15) is 28.0 Å². The van der Waals surface area contributed by atoms with Crippen molar-refractivity contribution >= 4 is 29.2 Å². The summed E-state index contributed by atoms with van der Waals surface area (Å²) in [7, 11) is 0. The number of allylic oxidation sites excluding steroid dienone is 2. The lowest BCUT2D eigenvalue weighted by atomic mass is 9.87. The fourth-order valence-corrected chi connectivity index (χ4v) is 4.01. The molecule has 2 amide bonds. The Labute approximate surface area is 203 Å². The van der Waals surface area contributed by atoms with E-state index in [-0.39, 0.29) is 35.4 Å². The topological polar surface area (TPSA) is 111 Å². The maximum atomic E-state index is 13.2. The summed E-state index contributed by atoms with van der Waals surface area (Å²) in [4.78, 5) is 23.1. The summed E-state index contributed by atoms with van der Waals surface area (Å²) < 4.78 is 44.0. The number of carbonyl (C=O) groups excluding carboxylic acids is 1. The second-order valence-corrected chi connectivity index (χ2v) is 8.19. The summed E-state index contributed by atoms with van der Waals surface area (Å²) >= 11 is 6.33. The van der Waals surface area contributed by atoms with Crippen LogP contribution >= 0.6 is 11.6 Å². The summed E-state index contributed by atoms with van der Waals surface area (Å²) in [6, 6.07) is 15.4. The third-order valence-corrected chi connectivity index (χ3v) is 5.34. The number of alkyl halides is 4. The van der Waals surface area contributed by atoms with E-state index in [2.05, 4.69) is 15.4 Å². The number of benzene rings is 2. The molecule has 3 N–H and O–H groups in total. The zero-order chi connectivity index (χ0) is 25.6. The number of nitriles is 1. The number of nitrogens with one attached hydrogen (secondary N) is 2. The van der Waals surface area contributed by atoms with Crippen LogP contribution < -0.4 is 10.6 Å². The maximum absolute atomic E-state index is 13.2. The smallest absolute Gasteiger partial charge is 0.481 e. The first-order chi connectivity index (χ1) is 16.5. The molecule has 0 bridgehead atoms. The number of hydrogen-bond donors (Lipinski definition) is 3. The Hall–Kier alpha value is -3.81. The Kier molecular flexibility index (Phi) is 7.84. The third kappa shape index (κ3) is 7.09. The monoisotopic (exact) mass is 505 g/mol. The van der Waals surface area contributed by atoms with E-state index in [0.717, 1.165) is 0 Å². The first kappa shape index (κ1) is 25.8. The summed E-state index contributed by atoms with van der Waals surface area (Å²) in [6.07, 6.45) is -4.56. The zero-order valence-corrected chi connectivity index (χ0v) is 18.8. The van der Waals surface area contributed by atoms with Crippen molar-refractivity contribution in [2.75, 3.05) is 0 Å². The summed E-state index contributed by atoms with van der Waals surface area (Å²) in [5.41, 5.74) is 1.14. The first-order valence-electron chi connectivity index (χ1n) is 10.2. The number of carboxylic acids is 1. The number of urea groups is 1. The average Bonchev–Trinajstić information content (AvgIpc) is 2.77. The molecule has 0 saturated carbocycles. The Balaban J connectivity index is 1.78. The van der Waals surface area contributed by atoms with E-state index >= 15 is 0 Å². The average molecular weight is 506 g/mol. The molecule has 1 atom stereocenters. The predicted octanol–water partition coefficient (Wildman–Crippen LogP) is 4.85. The molecule has 0 heterocycles. The molecule has 0 saturated heterocycles. The summed E-state index contributed by atoms with van der Waals surface area (Å²) in [6.45, 7) is 0.0632. The van der Waals surface area contributed by atoms with Crippen LogP contribution in [-0.4, -0.2) is 28.5 Å². The van der Waals surface area contributed by atoms with E-state index in [1.165, 1.54) is 18.2 Å². The quantitative estimate of drug-likeness (QED) is 0.466. The largest absolute Gasteiger partial charge is 0.524 e. The van der Waals surface area contributed by atoms with Crippen LogP contribution in [0, 0.1) is 11.3 Å². The van der Waals surface area contributed by atoms with Crippen molar-refractivity contribution in [3.63, 3.8) is 0 Å². The van der Waals surface area contributed by atoms with Crippen molar-refractivity contribution in [1.82, 2.24) is 10.6 Å². The van der Waals surface area contributed by atoms with Gasteiger partial charge in [-0.2, -0.15) is 5.26 Å². The molecule has 3 rings (SSSR count). The number of amides is 2. The van der Waals surface area contributed by atoms with Gasteiger partial charge >= 0.3 is 18.4 Å². The molecule has 0 aromatic heterocycles. The highest BCUT2D eigenvalue weighted by Crippen LogP contribution is 2.47. The zero-order valence-electron chi connectivity index (χ0n) is 18.0. The van der Waals surface area contributed by atoms with E-state index in [0.29, 0.717) is 11.1 Å². The molecule has 0 radical (unpaired) electrons. The van der Waals surface area contributed by atoms with Crippen molar-refractivity contribution in [3.8, 4) is 6.07 Å². The number of halogens is 4. The van der Waals surface area contributed by atoms with Crippen molar-refractivity contribution in [2.45, 2.75) is 30.8 Å². The molecule has 0 aliphatic heterocycles. The van der Waals surface area contributed by atoms with Crippen molar-refractivity contribution in [3.05, 3.63) is 88.6 Å². The molecule has 7 nitrogen and oxygen atoms in total. The minimum atomic E-state index is -5.11. The number of hydrogen-bond acceptors (Lipinski definition) is 4. The third-order valence-electron chi connectivity index (χ3n) is 4.94. The van der Waals surface area contributed by atoms with Gasteiger partial charge in [-0.05, 0) is 22.8 Å². The first-order valence-corrected chi connectivity index (χ1v) is 10.6. The number of ether oxygens (including phenoxy) is 1. The molecular weight excluding hydrogens is 487 g/mol. The van der Waals surface area contributed by atoms with Crippen LogP contribution in [-0.2, 0) is 22.5 Å². The number of carbonyl (C=O) groups is 2. The van der Waals surface area contributed by atoms with Crippen molar-refractivity contribution in [2.24, 2.45) is 0 Å². The highest BCUT2D eigenvalue weighted by molar-refractivity contribution is 6.30. The molecule has 35 heavy (non-hydrogen) atoms. The van der Waals surface area contributed by atoms with Gasteiger partial charge in [0, 0.05) is 24.2 Å². The Morgan fingerprint density at radius 2 is 1.74 bits per heavy atom. The van der Waals surface area contributed by atoms with Crippen molar-refractivity contribution in [1.29, 1.82) is 5.26 Å². The van der Waals surface area contributed by atoms with Crippen molar-refractivity contribution < 1.29 is 32.6 Å². The SMILES string of the molecule is N#CC1=C(c2ccccc2)C(Cl)(OC(F)(F)F)CC(NC(=O)NCc2ccc(CC(=O)O)cc2)=C1. The van der Waals surface area contributed by atoms with Crippen LogP contribution in [0.15, 0.2) is 71.9 Å². The minimum absolute atomic E-state index is 0.0465. The lowest BCUT2D eigenvalue weighted by molar-refractivity contribution is -0.342. The normalized spacial score (nSPS) is 17.9. The van der Waals surface area contributed by atoms with Crippen LogP contribution in [0.25, 0.3) is 5.57 Å². The lowest BCUT2D eigenvalue weighted by Gasteiger charge is -2.35. The Morgan fingerprint density at radius 1 is 1.11 bits per heavy atom. The standard InChI is InChI=1S/C24H19ClF3N3O4/c25-23(35-24(26,27)28)12-19(11-18(13-29)21(23)17-4-2-1-3-5-17)31-22(34)30-14-16-8-6-15(7-9-16)10-20(32)33/h1-9,11H,10,12,14H2,(H,32,33)(H2,30,31,34). The van der Waals surface area contributed by atoms with Crippen LogP contribution in [0.2, 0.25) is 0 Å². The van der Waals surface area contributed by atoms with Crippen LogP contribution in [0.1, 0.15) is 23.1 Å². The molecule has 11 heteroatoms. The maximum Gasteiger partial charge on any atom is 0.524 e. The van der Waals surface area contributed by atoms with Gasteiger partial charge in [0.2, 0.25) is 0 Å². The van der Waals surface area contributed by atoms with Crippen LogP contribution in [0.4, 0.5) is 18.0 Å². The van der Waals surface area contributed by atoms with Gasteiger partial charge in [-0.3, -0.25) is 9.53 Å². The lowest BCUT2D eigenvalue weighted by Crippen LogP contribution is -2.41. The van der Waals surface area contributed by atoms with Crippen LogP contribution in [0.3, 0.4) is 0 Å². The van der Waals surface area contributed by atoms with E-state index in [4.69, 9.17) is 16.7 Å². The number of carboxylic acid groups (broad SMARTS) is 1.